The third-order valence-corrected chi connectivity index (χ3v) is 3.36. The van der Waals surface area contributed by atoms with Crippen molar-refractivity contribution in [2.75, 3.05) is 6.54 Å². The van der Waals surface area contributed by atoms with Crippen LogP contribution in [0.5, 0.6) is 17.2 Å². The number of phenolic OH excluding ortho intramolecular Hbond substituents is 2. The summed E-state index contributed by atoms with van der Waals surface area (Å²) < 4.78 is 5.74. The summed E-state index contributed by atoms with van der Waals surface area (Å²) in [6.07, 6.45) is 1.06. The lowest BCUT2D eigenvalue weighted by Gasteiger charge is -2.19. The number of benzene rings is 2. The van der Waals surface area contributed by atoms with E-state index >= 15 is 0 Å². The third kappa shape index (κ3) is 4.72. The molecule has 1 unspecified atom stereocenters. The number of para-hydroxylation sites is 1. The highest BCUT2D eigenvalue weighted by Gasteiger charge is 2.22. The molecule has 2 rings (SSSR count). The van der Waals surface area contributed by atoms with Crippen molar-refractivity contribution in [1.82, 2.24) is 5.32 Å². The van der Waals surface area contributed by atoms with E-state index < -0.39 is 6.23 Å². The van der Waals surface area contributed by atoms with Crippen LogP contribution >= 0.6 is 0 Å². The Balaban J connectivity index is 2.17. The van der Waals surface area contributed by atoms with Crippen molar-refractivity contribution < 1.29 is 19.7 Å². The van der Waals surface area contributed by atoms with E-state index in [0.717, 1.165) is 12.8 Å². The number of carbonyl (C=O) groups excluding carboxylic acids is 1. The van der Waals surface area contributed by atoms with Gasteiger partial charge in [0.05, 0.1) is 0 Å². The number of Topliss-reactive ketones (excluding diaryl/α,β-unsaturated/α-hetero) is 1. The SMILES string of the molecule is CCCCNC(Oc1ccccc1)C(=O)c1ccc(O)c(O)c1. The van der Waals surface area contributed by atoms with E-state index in [1.165, 1.54) is 18.2 Å². The summed E-state index contributed by atoms with van der Waals surface area (Å²) in [5, 5.41) is 22.0. The Morgan fingerprint density at radius 3 is 2.52 bits per heavy atom. The van der Waals surface area contributed by atoms with Crippen molar-refractivity contribution >= 4 is 5.78 Å². The van der Waals surface area contributed by atoms with Crippen molar-refractivity contribution in [3.63, 3.8) is 0 Å². The number of ether oxygens (including phenoxy) is 1. The van der Waals surface area contributed by atoms with Crippen LogP contribution in [0.25, 0.3) is 0 Å². The minimum absolute atomic E-state index is 0.263. The number of hydrogen-bond donors (Lipinski definition) is 3. The Labute approximate surface area is 135 Å². The maximum Gasteiger partial charge on any atom is 0.218 e. The number of carbonyl (C=O) groups is 1. The summed E-state index contributed by atoms with van der Waals surface area (Å²) in [5.41, 5.74) is 0.269. The monoisotopic (exact) mass is 315 g/mol. The Bertz CT molecular complexity index is 643. The molecule has 0 aliphatic rings. The van der Waals surface area contributed by atoms with E-state index in [4.69, 9.17) is 4.74 Å². The fraction of sp³-hybridized carbons (Fsp3) is 0.278. The summed E-state index contributed by atoms with van der Waals surface area (Å²) in [5.74, 6) is -0.318. The van der Waals surface area contributed by atoms with Crippen LogP contribution in [0.2, 0.25) is 0 Å². The standard InChI is InChI=1S/C18H21NO4/c1-2-3-11-19-18(23-14-7-5-4-6-8-14)17(22)13-9-10-15(20)16(21)12-13/h4-10,12,18-21H,2-3,11H2,1H3. The molecule has 0 aliphatic carbocycles. The second-order valence-electron chi connectivity index (χ2n) is 5.19. The zero-order valence-corrected chi connectivity index (χ0v) is 13.0. The average Bonchev–Trinajstić information content (AvgIpc) is 2.57. The van der Waals surface area contributed by atoms with Gasteiger partial charge in [0.25, 0.3) is 0 Å². The van der Waals surface area contributed by atoms with E-state index in [1.54, 1.807) is 12.1 Å². The zero-order chi connectivity index (χ0) is 16.7. The van der Waals surface area contributed by atoms with Crippen molar-refractivity contribution in [2.45, 2.75) is 26.0 Å². The van der Waals surface area contributed by atoms with Crippen LogP contribution in [0.4, 0.5) is 0 Å². The van der Waals surface area contributed by atoms with Gasteiger partial charge in [0.2, 0.25) is 12.0 Å². The molecule has 0 saturated carbocycles. The largest absolute Gasteiger partial charge is 0.504 e. The molecule has 0 saturated heterocycles. The minimum atomic E-state index is -0.854. The van der Waals surface area contributed by atoms with Crippen LogP contribution in [-0.4, -0.2) is 28.8 Å². The molecule has 0 spiro atoms. The van der Waals surface area contributed by atoms with Gasteiger partial charge >= 0.3 is 0 Å². The van der Waals surface area contributed by atoms with Crippen LogP contribution < -0.4 is 10.1 Å². The van der Waals surface area contributed by atoms with Crippen molar-refractivity contribution in [1.29, 1.82) is 0 Å². The highest BCUT2D eigenvalue weighted by atomic mass is 16.5. The first-order valence-corrected chi connectivity index (χ1v) is 7.63. The lowest BCUT2D eigenvalue weighted by molar-refractivity contribution is 0.0732. The maximum atomic E-state index is 12.6. The van der Waals surface area contributed by atoms with Gasteiger partial charge in [-0.05, 0) is 43.3 Å². The van der Waals surface area contributed by atoms with E-state index in [0.29, 0.717) is 12.3 Å². The van der Waals surface area contributed by atoms with Crippen molar-refractivity contribution in [2.24, 2.45) is 0 Å². The Morgan fingerprint density at radius 1 is 1.13 bits per heavy atom. The van der Waals surface area contributed by atoms with Crippen molar-refractivity contribution in [3.8, 4) is 17.2 Å². The van der Waals surface area contributed by atoms with Gasteiger partial charge in [-0.15, -0.1) is 0 Å². The van der Waals surface area contributed by atoms with E-state index in [2.05, 4.69) is 12.2 Å². The first kappa shape index (κ1) is 16.8. The molecule has 5 nitrogen and oxygen atoms in total. The molecule has 0 amide bonds. The van der Waals surface area contributed by atoms with Crippen LogP contribution in [0, 0.1) is 0 Å². The summed E-state index contributed by atoms with van der Waals surface area (Å²) in [6, 6.07) is 13.1. The predicted octanol–water partition coefficient (Wildman–Crippen LogP) is 3.08. The smallest absolute Gasteiger partial charge is 0.218 e. The molecular formula is C18H21NO4. The highest BCUT2D eigenvalue weighted by molar-refractivity contribution is 6.00. The maximum absolute atomic E-state index is 12.6. The van der Waals surface area contributed by atoms with Crippen LogP contribution in [0.1, 0.15) is 30.1 Å². The molecule has 2 aromatic rings. The number of aromatic hydroxyl groups is 2. The van der Waals surface area contributed by atoms with Crippen LogP contribution in [0.3, 0.4) is 0 Å². The lowest BCUT2D eigenvalue weighted by atomic mass is 10.1. The number of hydrogen-bond acceptors (Lipinski definition) is 5. The molecule has 0 bridgehead atoms. The first-order chi connectivity index (χ1) is 11.1. The Morgan fingerprint density at radius 2 is 1.87 bits per heavy atom. The lowest BCUT2D eigenvalue weighted by Crippen LogP contribution is -2.42. The fourth-order valence-electron chi connectivity index (χ4n) is 2.06. The molecule has 0 radical (unpaired) electrons. The molecule has 122 valence electrons. The predicted molar refractivity (Wildman–Crippen MR) is 87.9 cm³/mol. The van der Waals surface area contributed by atoms with E-state index in [9.17, 15) is 15.0 Å². The van der Waals surface area contributed by atoms with Crippen molar-refractivity contribution in [3.05, 3.63) is 54.1 Å². The molecular weight excluding hydrogens is 294 g/mol. The molecule has 5 heteroatoms. The molecule has 2 aromatic carbocycles. The topological polar surface area (TPSA) is 78.8 Å². The van der Waals surface area contributed by atoms with Gasteiger partial charge < -0.3 is 14.9 Å². The second-order valence-corrected chi connectivity index (χ2v) is 5.19. The third-order valence-electron chi connectivity index (χ3n) is 3.36. The van der Waals surface area contributed by atoms with E-state index in [1.807, 2.05) is 18.2 Å². The number of unbranched alkanes of at least 4 members (excludes halogenated alkanes) is 1. The zero-order valence-electron chi connectivity index (χ0n) is 13.0. The number of nitrogens with one attached hydrogen (secondary N) is 1. The molecule has 23 heavy (non-hydrogen) atoms. The second kappa shape index (κ2) is 8.19. The summed E-state index contributed by atoms with van der Waals surface area (Å²) in [6.45, 7) is 2.71. The molecule has 3 N–H and O–H groups in total. The highest BCUT2D eigenvalue weighted by Crippen LogP contribution is 2.25. The van der Waals surface area contributed by atoms with Gasteiger partial charge in [0.1, 0.15) is 5.75 Å². The molecule has 1 atom stereocenters. The van der Waals surface area contributed by atoms with Gasteiger partial charge in [0.15, 0.2) is 11.5 Å². The Hall–Kier alpha value is -2.53. The number of ketones is 1. The summed E-state index contributed by atoms with van der Waals surface area (Å²) in [7, 11) is 0. The summed E-state index contributed by atoms with van der Waals surface area (Å²) >= 11 is 0. The molecule has 0 aromatic heterocycles. The van der Waals surface area contributed by atoms with Crippen LogP contribution in [-0.2, 0) is 0 Å². The minimum Gasteiger partial charge on any atom is -0.504 e. The normalized spacial score (nSPS) is 11.9. The average molecular weight is 315 g/mol. The van der Waals surface area contributed by atoms with Gasteiger partial charge in [-0.1, -0.05) is 31.5 Å². The first-order valence-electron chi connectivity index (χ1n) is 7.63. The Kier molecular flexibility index (Phi) is 6.00. The van der Waals surface area contributed by atoms with Gasteiger partial charge in [-0.3, -0.25) is 10.1 Å². The van der Waals surface area contributed by atoms with Gasteiger partial charge in [-0.2, -0.15) is 0 Å². The van der Waals surface area contributed by atoms with Crippen LogP contribution in [0.15, 0.2) is 48.5 Å². The molecule has 0 fully saturated rings. The molecule has 0 aliphatic heterocycles. The van der Waals surface area contributed by atoms with Gasteiger partial charge in [-0.25, -0.2) is 0 Å². The fourth-order valence-corrected chi connectivity index (χ4v) is 2.06. The van der Waals surface area contributed by atoms with E-state index in [-0.39, 0.29) is 22.8 Å². The van der Waals surface area contributed by atoms with Gasteiger partial charge in [0, 0.05) is 5.56 Å². The number of rotatable bonds is 8. The summed E-state index contributed by atoms with van der Waals surface area (Å²) in [4.78, 5) is 12.6. The quantitative estimate of drug-likeness (QED) is 0.302. The molecule has 0 heterocycles. The number of phenols is 2.